The number of carboxylic acid groups (broad SMARTS) is 1. The minimum absolute atomic E-state index is 0.0266. The molecule has 9 heteroatoms. The first kappa shape index (κ1) is 14.6. The van der Waals surface area contributed by atoms with E-state index in [0.29, 0.717) is 11.3 Å². The largest absolute Gasteiger partial charge is 0.478 e. The molecule has 7 nitrogen and oxygen atoms in total. The lowest BCUT2D eigenvalue weighted by atomic mass is 10.1. The summed E-state index contributed by atoms with van der Waals surface area (Å²) in [7, 11) is 0. The number of para-hydroxylation sites is 1. The number of nitro groups is 1. The molecule has 0 radical (unpaired) electrons. The second-order valence-electron chi connectivity index (χ2n) is 3.82. The van der Waals surface area contributed by atoms with Gasteiger partial charge in [-0.3, -0.25) is 14.9 Å². The van der Waals surface area contributed by atoms with E-state index in [4.69, 9.17) is 5.11 Å². The average Bonchev–Trinajstić information content (AvgIpc) is 2.90. The van der Waals surface area contributed by atoms with Gasteiger partial charge in [0.15, 0.2) is 0 Å². The lowest BCUT2D eigenvalue weighted by molar-refractivity contribution is -0.380. The molecule has 0 fully saturated rings. The summed E-state index contributed by atoms with van der Waals surface area (Å²) in [6.45, 7) is 0. The smallest absolute Gasteiger partial charge is 0.337 e. The fourth-order valence-corrected chi connectivity index (χ4v) is 2.27. The summed E-state index contributed by atoms with van der Waals surface area (Å²) in [5.74, 6) is -3.13. The van der Waals surface area contributed by atoms with Gasteiger partial charge in [0.1, 0.15) is 5.82 Å². The second kappa shape index (κ2) is 5.67. The topological polar surface area (TPSA) is 110 Å². The Morgan fingerprint density at radius 2 is 2.00 bits per heavy atom. The fourth-order valence-electron chi connectivity index (χ4n) is 1.55. The predicted molar refractivity (Wildman–Crippen MR) is 72.3 cm³/mol. The van der Waals surface area contributed by atoms with Crippen molar-refractivity contribution in [3.63, 3.8) is 0 Å². The highest BCUT2D eigenvalue weighted by molar-refractivity contribution is 7.17. The molecule has 0 unspecified atom stereocenters. The van der Waals surface area contributed by atoms with Crippen molar-refractivity contribution in [2.45, 2.75) is 0 Å². The zero-order valence-electron chi connectivity index (χ0n) is 10.2. The Hall–Kier alpha value is -2.81. The van der Waals surface area contributed by atoms with Crippen LogP contribution in [-0.2, 0) is 0 Å². The van der Waals surface area contributed by atoms with E-state index in [1.807, 2.05) is 0 Å². The first-order chi connectivity index (χ1) is 9.90. The van der Waals surface area contributed by atoms with Crippen LogP contribution >= 0.6 is 11.3 Å². The third-order valence-electron chi connectivity index (χ3n) is 2.48. The first-order valence-corrected chi connectivity index (χ1v) is 6.29. The van der Waals surface area contributed by atoms with Crippen molar-refractivity contribution < 1.29 is 24.0 Å². The number of rotatable bonds is 4. The molecule has 1 heterocycles. The molecule has 1 aromatic heterocycles. The Morgan fingerprint density at radius 3 is 2.57 bits per heavy atom. The maximum Gasteiger partial charge on any atom is 0.337 e. The van der Waals surface area contributed by atoms with Gasteiger partial charge in [0, 0.05) is 6.07 Å². The minimum Gasteiger partial charge on any atom is -0.478 e. The maximum absolute atomic E-state index is 13.6. The van der Waals surface area contributed by atoms with Gasteiger partial charge in [-0.15, -0.1) is 0 Å². The number of thiophene rings is 1. The predicted octanol–water partition coefficient (Wildman–Crippen LogP) is 2.75. The molecule has 21 heavy (non-hydrogen) atoms. The molecule has 1 amide bonds. The number of halogens is 1. The SMILES string of the molecule is O=C(Nc1c(F)cccc1C(=O)O)c1ccc([N+](=O)[O-])s1. The summed E-state index contributed by atoms with van der Waals surface area (Å²) in [5, 5.41) is 21.4. The first-order valence-electron chi connectivity index (χ1n) is 5.47. The number of carbonyl (C=O) groups excluding carboxylic acids is 1. The highest BCUT2D eigenvalue weighted by Gasteiger charge is 2.20. The van der Waals surface area contributed by atoms with Gasteiger partial charge < -0.3 is 10.4 Å². The summed E-state index contributed by atoms with van der Waals surface area (Å²) >= 11 is 0.607. The van der Waals surface area contributed by atoms with E-state index in [0.717, 1.165) is 18.2 Å². The molecule has 0 atom stereocenters. The number of hydrogen-bond acceptors (Lipinski definition) is 5. The molecule has 0 aliphatic rings. The van der Waals surface area contributed by atoms with Crippen LogP contribution in [0, 0.1) is 15.9 Å². The summed E-state index contributed by atoms with van der Waals surface area (Å²) in [6, 6.07) is 5.68. The molecule has 0 spiro atoms. The van der Waals surface area contributed by atoms with Crippen LogP contribution in [0.1, 0.15) is 20.0 Å². The van der Waals surface area contributed by atoms with E-state index >= 15 is 0 Å². The van der Waals surface area contributed by atoms with Crippen molar-refractivity contribution in [2.24, 2.45) is 0 Å². The number of benzene rings is 1. The van der Waals surface area contributed by atoms with Crippen molar-refractivity contribution in [1.29, 1.82) is 0 Å². The number of nitrogens with zero attached hydrogens (tertiary/aromatic N) is 1. The van der Waals surface area contributed by atoms with Gasteiger partial charge in [-0.25, -0.2) is 9.18 Å². The van der Waals surface area contributed by atoms with Crippen LogP contribution in [0.2, 0.25) is 0 Å². The van der Waals surface area contributed by atoms with Gasteiger partial charge >= 0.3 is 11.0 Å². The zero-order chi connectivity index (χ0) is 15.6. The van der Waals surface area contributed by atoms with Crippen molar-refractivity contribution in [1.82, 2.24) is 0 Å². The normalized spacial score (nSPS) is 10.1. The van der Waals surface area contributed by atoms with E-state index in [-0.39, 0.29) is 9.88 Å². The van der Waals surface area contributed by atoms with Crippen LogP contribution < -0.4 is 5.32 Å². The molecule has 0 saturated heterocycles. The lowest BCUT2D eigenvalue weighted by Crippen LogP contribution is -2.15. The van der Waals surface area contributed by atoms with E-state index in [1.165, 1.54) is 12.1 Å². The Kier molecular flexibility index (Phi) is 3.94. The molecule has 2 aromatic rings. The Morgan fingerprint density at radius 1 is 1.29 bits per heavy atom. The van der Waals surface area contributed by atoms with E-state index < -0.39 is 33.9 Å². The molecular weight excluding hydrogens is 303 g/mol. The van der Waals surface area contributed by atoms with Gasteiger partial charge in [-0.05, 0) is 18.2 Å². The Labute approximate surface area is 120 Å². The third-order valence-corrected chi connectivity index (χ3v) is 3.51. The quantitative estimate of drug-likeness (QED) is 0.666. The van der Waals surface area contributed by atoms with Crippen molar-refractivity contribution in [2.75, 3.05) is 5.32 Å². The molecule has 0 saturated carbocycles. The number of anilines is 1. The summed E-state index contributed by atoms with van der Waals surface area (Å²) in [5.41, 5.74) is -0.888. The van der Waals surface area contributed by atoms with Gasteiger partial charge in [0.25, 0.3) is 5.91 Å². The Bertz CT molecular complexity index is 743. The van der Waals surface area contributed by atoms with Crippen LogP contribution in [0.15, 0.2) is 30.3 Å². The van der Waals surface area contributed by atoms with Crippen molar-refractivity contribution in [3.05, 3.63) is 56.7 Å². The maximum atomic E-state index is 13.6. The summed E-state index contributed by atoms with van der Waals surface area (Å²) in [4.78, 5) is 32.7. The van der Waals surface area contributed by atoms with Crippen LogP contribution in [0.5, 0.6) is 0 Å². The molecule has 2 N–H and O–H groups in total. The van der Waals surface area contributed by atoms with Crippen LogP contribution in [0.25, 0.3) is 0 Å². The van der Waals surface area contributed by atoms with Gasteiger partial charge in [0.05, 0.1) is 21.1 Å². The number of aromatic carboxylic acids is 1. The lowest BCUT2D eigenvalue weighted by Gasteiger charge is -2.08. The number of hydrogen-bond donors (Lipinski definition) is 2. The fraction of sp³-hybridized carbons (Fsp3) is 0. The van der Waals surface area contributed by atoms with Crippen LogP contribution in [-0.4, -0.2) is 21.9 Å². The van der Waals surface area contributed by atoms with Gasteiger partial charge in [-0.1, -0.05) is 17.4 Å². The molecule has 0 aliphatic carbocycles. The molecule has 108 valence electrons. The number of nitrogens with one attached hydrogen (secondary N) is 1. The van der Waals surface area contributed by atoms with E-state index in [9.17, 15) is 24.1 Å². The van der Waals surface area contributed by atoms with Crippen LogP contribution in [0.4, 0.5) is 15.1 Å². The number of carboxylic acids is 1. The summed E-state index contributed by atoms with van der Waals surface area (Å²) in [6.07, 6.45) is 0. The minimum atomic E-state index is -1.40. The van der Waals surface area contributed by atoms with Crippen LogP contribution in [0.3, 0.4) is 0 Å². The standard InChI is InChI=1S/C12H7FN2O5S/c13-7-3-1-2-6(12(17)18)10(7)14-11(16)8-4-5-9(21-8)15(19)20/h1-5H,(H,14,16)(H,17,18). The third kappa shape index (κ3) is 3.03. The number of amides is 1. The highest BCUT2D eigenvalue weighted by atomic mass is 32.1. The average molecular weight is 310 g/mol. The van der Waals surface area contributed by atoms with Gasteiger partial charge in [-0.2, -0.15) is 0 Å². The van der Waals surface area contributed by atoms with E-state index in [1.54, 1.807) is 0 Å². The molecular formula is C12H7FN2O5S. The molecule has 1 aromatic carbocycles. The highest BCUT2D eigenvalue weighted by Crippen LogP contribution is 2.26. The molecule has 0 bridgehead atoms. The second-order valence-corrected chi connectivity index (χ2v) is 4.88. The Balaban J connectivity index is 2.31. The monoisotopic (exact) mass is 310 g/mol. The van der Waals surface area contributed by atoms with Crippen molar-refractivity contribution >= 4 is 33.9 Å². The van der Waals surface area contributed by atoms with E-state index in [2.05, 4.69) is 5.32 Å². The molecule has 2 rings (SSSR count). The van der Waals surface area contributed by atoms with Gasteiger partial charge in [0.2, 0.25) is 0 Å². The summed E-state index contributed by atoms with van der Waals surface area (Å²) < 4.78 is 13.6. The molecule has 0 aliphatic heterocycles. The number of carbonyl (C=O) groups is 2. The van der Waals surface area contributed by atoms with Crippen molar-refractivity contribution in [3.8, 4) is 0 Å². The zero-order valence-corrected chi connectivity index (χ0v) is 11.0.